The highest BCUT2D eigenvalue weighted by Gasteiger charge is 2.27. The number of benzene rings is 1. The summed E-state index contributed by atoms with van der Waals surface area (Å²) in [6.45, 7) is 5.85. The van der Waals surface area contributed by atoms with Crippen molar-refractivity contribution in [3.63, 3.8) is 0 Å². The second-order valence-electron chi connectivity index (χ2n) is 4.83. The predicted octanol–water partition coefficient (Wildman–Crippen LogP) is 2.92. The summed E-state index contributed by atoms with van der Waals surface area (Å²) in [6, 6.07) is 3.57. The quantitative estimate of drug-likeness (QED) is 0.848. The molecule has 5 heteroatoms. The number of rotatable bonds is 6. The lowest BCUT2D eigenvalue weighted by molar-refractivity contribution is 0.137. The van der Waals surface area contributed by atoms with E-state index in [1.54, 1.807) is 12.1 Å². The van der Waals surface area contributed by atoms with Crippen molar-refractivity contribution >= 4 is 11.6 Å². The van der Waals surface area contributed by atoms with Gasteiger partial charge in [0.15, 0.2) is 11.5 Å². The third-order valence-electron chi connectivity index (χ3n) is 3.46. The highest BCUT2D eigenvalue weighted by molar-refractivity contribution is 6.31. The topological polar surface area (TPSA) is 50.7 Å². The number of aliphatic hydroxyl groups is 1. The van der Waals surface area contributed by atoms with Crippen LogP contribution in [0.2, 0.25) is 5.02 Å². The molecule has 2 rings (SSSR count). The predicted molar refractivity (Wildman–Crippen MR) is 79.8 cm³/mol. The molecule has 20 heavy (non-hydrogen) atoms. The normalized spacial score (nSPS) is 19.9. The minimum atomic E-state index is -0.625. The number of nitrogens with one attached hydrogen (secondary N) is 1. The largest absolute Gasteiger partial charge is 0.490 e. The van der Waals surface area contributed by atoms with Crippen molar-refractivity contribution in [3.8, 4) is 11.5 Å². The van der Waals surface area contributed by atoms with Gasteiger partial charge in [0.25, 0.3) is 0 Å². The molecule has 0 bridgehead atoms. The standard InChI is InChI=1S/C15H22ClNO3/c1-3-19-13-8-10(11(16)9-14(13)20-4-2)15(18)12-6-5-7-17-12/h8-9,12,15,17-18H,3-7H2,1-2H3. The maximum absolute atomic E-state index is 10.5. The van der Waals surface area contributed by atoms with Crippen LogP contribution in [0.3, 0.4) is 0 Å². The van der Waals surface area contributed by atoms with Crippen molar-refractivity contribution in [2.45, 2.75) is 38.8 Å². The van der Waals surface area contributed by atoms with Gasteiger partial charge in [0, 0.05) is 17.7 Å². The van der Waals surface area contributed by atoms with Crippen LogP contribution in [0.4, 0.5) is 0 Å². The van der Waals surface area contributed by atoms with E-state index in [0.717, 1.165) is 19.4 Å². The molecule has 1 saturated heterocycles. The maximum Gasteiger partial charge on any atom is 0.162 e. The summed E-state index contributed by atoms with van der Waals surface area (Å²) in [5.41, 5.74) is 0.693. The Morgan fingerprint density at radius 2 is 1.95 bits per heavy atom. The molecule has 1 fully saturated rings. The van der Waals surface area contributed by atoms with E-state index in [9.17, 15) is 5.11 Å². The van der Waals surface area contributed by atoms with Crippen LogP contribution in [0.15, 0.2) is 12.1 Å². The molecule has 1 aromatic carbocycles. The highest BCUT2D eigenvalue weighted by atomic mass is 35.5. The van der Waals surface area contributed by atoms with E-state index in [1.807, 2.05) is 13.8 Å². The fraction of sp³-hybridized carbons (Fsp3) is 0.600. The number of hydrogen-bond acceptors (Lipinski definition) is 4. The Bertz CT molecular complexity index is 447. The monoisotopic (exact) mass is 299 g/mol. The Morgan fingerprint density at radius 3 is 2.50 bits per heavy atom. The lowest BCUT2D eigenvalue weighted by atomic mass is 10.0. The molecule has 4 nitrogen and oxygen atoms in total. The SMILES string of the molecule is CCOc1cc(Cl)c(C(O)C2CCCN2)cc1OCC. The molecule has 0 saturated carbocycles. The molecule has 1 heterocycles. The summed E-state index contributed by atoms with van der Waals surface area (Å²) in [6.07, 6.45) is 1.41. The van der Waals surface area contributed by atoms with Crippen molar-refractivity contribution in [1.82, 2.24) is 5.32 Å². The van der Waals surface area contributed by atoms with Crippen LogP contribution in [-0.4, -0.2) is 30.9 Å². The molecule has 0 spiro atoms. The molecular formula is C15H22ClNO3. The Labute approximate surface area is 125 Å². The van der Waals surface area contributed by atoms with Crippen LogP contribution in [0.1, 0.15) is 38.4 Å². The van der Waals surface area contributed by atoms with E-state index in [1.165, 1.54) is 0 Å². The molecule has 1 aliphatic heterocycles. The van der Waals surface area contributed by atoms with Gasteiger partial charge >= 0.3 is 0 Å². The van der Waals surface area contributed by atoms with Crippen LogP contribution in [0, 0.1) is 0 Å². The number of ether oxygens (including phenoxy) is 2. The van der Waals surface area contributed by atoms with Crippen molar-refractivity contribution < 1.29 is 14.6 Å². The van der Waals surface area contributed by atoms with E-state index in [2.05, 4.69) is 5.32 Å². The zero-order valence-electron chi connectivity index (χ0n) is 12.0. The average molecular weight is 300 g/mol. The van der Waals surface area contributed by atoms with Gasteiger partial charge in [0.1, 0.15) is 0 Å². The Balaban J connectivity index is 2.29. The van der Waals surface area contributed by atoms with Gasteiger partial charge in [-0.15, -0.1) is 0 Å². The first kappa shape index (κ1) is 15.4. The van der Waals surface area contributed by atoms with Crippen molar-refractivity contribution in [2.24, 2.45) is 0 Å². The second-order valence-corrected chi connectivity index (χ2v) is 5.24. The number of hydrogen-bond donors (Lipinski definition) is 2. The molecular weight excluding hydrogens is 278 g/mol. The zero-order chi connectivity index (χ0) is 14.5. The minimum Gasteiger partial charge on any atom is -0.490 e. The van der Waals surface area contributed by atoms with E-state index in [-0.39, 0.29) is 6.04 Å². The fourth-order valence-electron chi connectivity index (χ4n) is 2.51. The Kier molecular flexibility index (Phi) is 5.52. The van der Waals surface area contributed by atoms with Gasteiger partial charge in [-0.25, -0.2) is 0 Å². The fourth-order valence-corrected chi connectivity index (χ4v) is 2.78. The summed E-state index contributed by atoms with van der Waals surface area (Å²) in [4.78, 5) is 0. The zero-order valence-corrected chi connectivity index (χ0v) is 12.7. The first-order valence-corrected chi connectivity index (χ1v) is 7.55. The maximum atomic E-state index is 10.5. The van der Waals surface area contributed by atoms with Crippen LogP contribution in [0.25, 0.3) is 0 Å². The molecule has 0 amide bonds. The molecule has 2 N–H and O–H groups in total. The van der Waals surface area contributed by atoms with E-state index in [4.69, 9.17) is 21.1 Å². The van der Waals surface area contributed by atoms with Gasteiger partial charge in [-0.1, -0.05) is 11.6 Å². The Morgan fingerprint density at radius 1 is 1.30 bits per heavy atom. The van der Waals surface area contributed by atoms with Crippen molar-refractivity contribution in [3.05, 3.63) is 22.7 Å². The molecule has 0 radical (unpaired) electrons. The first-order valence-electron chi connectivity index (χ1n) is 7.17. The van der Waals surface area contributed by atoms with Gasteiger partial charge in [-0.2, -0.15) is 0 Å². The van der Waals surface area contributed by atoms with Crippen molar-refractivity contribution in [2.75, 3.05) is 19.8 Å². The van der Waals surface area contributed by atoms with Crippen LogP contribution < -0.4 is 14.8 Å². The molecule has 2 unspecified atom stereocenters. The van der Waals surface area contributed by atoms with Gasteiger partial charge in [0.2, 0.25) is 0 Å². The van der Waals surface area contributed by atoms with Gasteiger partial charge < -0.3 is 19.9 Å². The van der Waals surface area contributed by atoms with Crippen molar-refractivity contribution in [1.29, 1.82) is 0 Å². The summed E-state index contributed by atoms with van der Waals surface area (Å²) in [5.74, 6) is 1.25. The van der Waals surface area contributed by atoms with Crippen LogP contribution in [0.5, 0.6) is 11.5 Å². The molecule has 0 aliphatic carbocycles. The lowest BCUT2D eigenvalue weighted by Crippen LogP contribution is -2.28. The molecule has 2 atom stereocenters. The third-order valence-corrected chi connectivity index (χ3v) is 3.79. The van der Waals surface area contributed by atoms with E-state index in [0.29, 0.717) is 35.3 Å². The lowest BCUT2D eigenvalue weighted by Gasteiger charge is -2.21. The summed E-state index contributed by atoms with van der Waals surface area (Å²) >= 11 is 6.29. The highest BCUT2D eigenvalue weighted by Crippen LogP contribution is 2.38. The van der Waals surface area contributed by atoms with E-state index < -0.39 is 6.10 Å². The molecule has 1 aliphatic rings. The van der Waals surface area contributed by atoms with Crippen LogP contribution in [-0.2, 0) is 0 Å². The summed E-state index contributed by atoms with van der Waals surface area (Å²) in [7, 11) is 0. The van der Waals surface area contributed by atoms with E-state index >= 15 is 0 Å². The molecule has 0 aromatic heterocycles. The van der Waals surface area contributed by atoms with Gasteiger partial charge in [-0.05, 0) is 39.3 Å². The average Bonchev–Trinajstić information content (AvgIpc) is 2.95. The Hall–Kier alpha value is -0.970. The first-order chi connectivity index (χ1) is 9.67. The number of halogens is 1. The summed E-state index contributed by atoms with van der Waals surface area (Å²) in [5, 5.41) is 14.3. The molecule has 1 aromatic rings. The third kappa shape index (κ3) is 3.37. The second kappa shape index (κ2) is 7.16. The summed E-state index contributed by atoms with van der Waals surface area (Å²) < 4.78 is 11.1. The van der Waals surface area contributed by atoms with Gasteiger partial charge in [-0.3, -0.25) is 0 Å². The molecule has 112 valence electrons. The smallest absolute Gasteiger partial charge is 0.162 e. The minimum absolute atomic E-state index is 0.0555. The van der Waals surface area contributed by atoms with Gasteiger partial charge in [0.05, 0.1) is 24.3 Å². The van der Waals surface area contributed by atoms with Crippen LogP contribution >= 0.6 is 11.6 Å². The number of aliphatic hydroxyl groups excluding tert-OH is 1.